The van der Waals surface area contributed by atoms with Gasteiger partial charge >= 0.3 is 0 Å². The molecule has 0 aliphatic carbocycles. The molecule has 0 aliphatic rings. The van der Waals surface area contributed by atoms with E-state index in [1.54, 1.807) is 24.3 Å². The van der Waals surface area contributed by atoms with Crippen LogP contribution in [0.3, 0.4) is 0 Å². The van der Waals surface area contributed by atoms with Crippen LogP contribution in [0.25, 0.3) is 0 Å². The third-order valence-electron chi connectivity index (χ3n) is 3.18. The third kappa shape index (κ3) is 5.60. The smallest absolute Gasteiger partial charge is 0.260 e. The van der Waals surface area contributed by atoms with Gasteiger partial charge in [-0.2, -0.15) is 5.10 Å². The molecule has 0 bridgehead atoms. The molecule has 10 heteroatoms. The van der Waals surface area contributed by atoms with Crippen molar-refractivity contribution in [3.05, 3.63) is 63.1 Å². The van der Waals surface area contributed by atoms with Crippen LogP contribution in [-0.2, 0) is 14.8 Å². The summed E-state index contributed by atoms with van der Waals surface area (Å²) in [4.78, 5) is 12.1. The molecule has 0 fully saturated rings. The summed E-state index contributed by atoms with van der Waals surface area (Å²) < 4.78 is 24.9. The van der Waals surface area contributed by atoms with Crippen molar-refractivity contribution < 1.29 is 13.2 Å². The van der Waals surface area contributed by atoms with Crippen LogP contribution in [0.5, 0.6) is 0 Å². The number of sulfonamides is 1. The molecule has 1 N–H and O–H groups in total. The molecule has 6 nitrogen and oxygen atoms in total. The Morgan fingerprint density at radius 1 is 1.12 bits per heavy atom. The summed E-state index contributed by atoms with van der Waals surface area (Å²) >= 11 is 17.7. The van der Waals surface area contributed by atoms with Gasteiger partial charge in [0.1, 0.15) is 6.54 Å². The van der Waals surface area contributed by atoms with E-state index >= 15 is 0 Å². The van der Waals surface area contributed by atoms with Crippen molar-refractivity contribution in [3.8, 4) is 0 Å². The monoisotopic (exact) mass is 433 g/mol. The van der Waals surface area contributed by atoms with E-state index in [-0.39, 0.29) is 15.7 Å². The van der Waals surface area contributed by atoms with E-state index in [4.69, 9.17) is 34.8 Å². The zero-order valence-electron chi connectivity index (χ0n) is 13.5. The Labute approximate surface area is 166 Å². The van der Waals surface area contributed by atoms with Gasteiger partial charge in [0.05, 0.1) is 28.2 Å². The van der Waals surface area contributed by atoms with Gasteiger partial charge in [-0.1, -0.05) is 53.0 Å². The molecule has 138 valence electrons. The van der Waals surface area contributed by atoms with Crippen LogP contribution in [0.1, 0.15) is 5.56 Å². The number of rotatable bonds is 6. The zero-order valence-corrected chi connectivity index (χ0v) is 16.6. The van der Waals surface area contributed by atoms with Crippen LogP contribution in [0, 0.1) is 0 Å². The van der Waals surface area contributed by atoms with E-state index in [0.717, 1.165) is 10.6 Å². The fourth-order valence-corrected chi connectivity index (χ4v) is 3.28. The first-order chi connectivity index (χ1) is 12.2. The Balaban J connectivity index is 2.12. The average Bonchev–Trinajstić information content (AvgIpc) is 2.56. The molecule has 0 aromatic heterocycles. The minimum absolute atomic E-state index is 0.176. The van der Waals surface area contributed by atoms with Crippen molar-refractivity contribution in [2.75, 3.05) is 17.1 Å². The maximum Gasteiger partial charge on any atom is 0.260 e. The number of carbonyl (C=O) groups excluding carboxylic acids is 1. The second-order valence-corrected chi connectivity index (χ2v) is 8.31. The van der Waals surface area contributed by atoms with E-state index in [1.807, 2.05) is 0 Å². The van der Waals surface area contributed by atoms with Crippen LogP contribution in [0.2, 0.25) is 15.1 Å². The van der Waals surface area contributed by atoms with Crippen LogP contribution in [0.15, 0.2) is 47.6 Å². The first-order valence-corrected chi connectivity index (χ1v) is 10.2. The summed E-state index contributed by atoms with van der Waals surface area (Å²) in [7, 11) is -3.73. The van der Waals surface area contributed by atoms with Crippen molar-refractivity contribution >= 4 is 62.6 Å². The third-order valence-corrected chi connectivity index (χ3v) is 5.40. The highest BCUT2D eigenvalue weighted by Crippen LogP contribution is 2.28. The Kier molecular flexibility index (Phi) is 6.88. The number of nitrogens with zero attached hydrogens (tertiary/aromatic N) is 2. The molecule has 0 radical (unpaired) electrons. The number of benzene rings is 2. The number of hydrogen-bond donors (Lipinski definition) is 1. The molecular weight excluding hydrogens is 421 g/mol. The predicted octanol–water partition coefficient (Wildman–Crippen LogP) is 3.56. The molecule has 0 unspecified atom stereocenters. The maximum absolute atomic E-state index is 12.1. The number of carbonyl (C=O) groups is 1. The van der Waals surface area contributed by atoms with Gasteiger partial charge in [0.15, 0.2) is 0 Å². The summed E-state index contributed by atoms with van der Waals surface area (Å²) in [5.41, 5.74) is 3.09. The van der Waals surface area contributed by atoms with Gasteiger partial charge in [0.2, 0.25) is 10.0 Å². The van der Waals surface area contributed by atoms with E-state index in [0.29, 0.717) is 10.6 Å². The topological polar surface area (TPSA) is 78.8 Å². The Bertz CT molecular complexity index is 949. The van der Waals surface area contributed by atoms with Gasteiger partial charge in [-0.25, -0.2) is 13.8 Å². The molecule has 2 aromatic carbocycles. The molecule has 0 spiro atoms. The molecule has 0 atom stereocenters. The SMILES string of the molecule is CS(=O)(=O)N(CC(=O)N/N=C\c1ccccc1Cl)c1ccc(Cl)c(Cl)c1. The highest BCUT2D eigenvalue weighted by Gasteiger charge is 2.21. The first kappa shape index (κ1) is 20.5. The lowest BCUT2D eigenvalue weighted by Gasteiger charge is -2.21. The first-order valence-electron chi connectivity index (χ1n) is 7.17. The van der Waals surface area contributed by atoms with Crippen molar-refractivity contribution in [2.24, 2.45) is 5.10 Å². The summed E-state index contributed by atoms with van der Waals surface area (Å²) in [5, 5.41) is 4.71. The predicted molar refractivity (Wildman–Crippen MR) is 106 cm³/mol. The minimum Gasteiger partial charge on any atom is -0.271 e. The lowest BCUT2D eigenvalue weighted by molar-refractivity contribution is -0.119. The average molecular weight is 435 g/mol. The van der Waals surface area contributed by atoms with E-state index in [9.17, 15) is 13.2 Å². The van der Waals surface area contributed by atoms with Crippen molar-refractivity contribution in [3.63, 3.8) is 0 Å². The number of nitrogens with one attached hydrogen (secondary N) is 1. The van der Waals surface area contributed by atoms with Crippen LogP contribution in [-0.4, -0.2) is 33.3 Å². The van der Waals surface area contributed by atoms with E-state index in [2.05, 4.69) is 10.5 Å². The minimum atomic E-state index is -3.73. The van der Waals surface area contributed by atoms with Gasteiger partial charge in [-0.15, -0.1) is 0 Å². The lowest BCUT2D eigenvalue weighted by Crippen LogP contribution is -2.39. The van der Waals surface area contributed by atoms with Crippen LogP contribution < -0.4 is 9.73 Å². The standard InChI is InChI=1S/C16H14Cl3N3O3S/c1-26(24,25)22(12-6-7-14(18)15(19)8-12)10-16(23)21-20-9-11-4-2-3-5-13(11)17/h2-9H,10H2,1H3,(H,21,23)/b20-9-. The van der Waals surface area contributed by atoms with Gasteiger partial charge in [-0.05, 0) is 24.3 Å². The number of halogens is 3. The molecular formula is C16H14Cl3N3O3S. The maximum atomic E-state index is 12.1. The van der Waals surface area contributed by atoms with Crippen LogP contribution >= 0.6 is 34.8 Å². The summed E-state index contributed by atoms with van der Waals surface area (Å²) in [6.45, 7) is -0.476. The fourth-order valence-electron chi connectivity index (χ4n) is 1.96. The van der Waals surface area contributed by atoms with Gasteiger partial charge in [-0.3, -0.25) is 9.10 Å². The van der Waals surface area contributed by atoms with Crippen molar-refractivity contribution in [1.82, 2.24) is 5.43 Å². The highest BCUT2D eigenvalue weighted by molar-refractivity contribution is 7.92. The van der Waals surface area contributed by atoms with Crippen LogP contribution in [0.4, 0.5) is 5.69 Å². The molecule has 2 aromatic rings. The largest absolute Gasteiger partial charge is 0.271 e. The Hall–Kier alpha value is -1.80. The number of anilines is 1. The molecule has 0 saturated carbocycles. The van der Waals surface area contributed by atoms with Gasteiger partial charge in [0, 0.05) is 10.6 Å². The molecule has 0 saturated heterocycles. The molecule has 0 aliphatic heterocycles. The van der Waals surface area contributed by atoms with Gasteiger partial charge < -0.3 is 0 Å². The summed E-state index contributed by atoms with van der Waals surface area (Å²) in [5.74, 6) is -0.634. The fraction of sp³-hybridized carbons (Fsp3) is 0.125. The van der Waals surface area contributed by atoms with E-state index in [1.165, 1.54) is 24.4 Å². The summed E-state index contributed by atoms with van der Waals surface area (Å²) in [6.07, 6.45) is 2.35. The van der Waals surface area contributed by atoms with Crippen molar-refractivity contribution in [2.45, 2.75) is 0 Å². The quantitative estimate of drug-likeness (QED) is 0.558. The highest BCUT2D eigenvalue weighted by atomic mass is 35.5. The molecule has 0 heterocycles. The number of hydrogen-bond acceptors (Lipinski definition) is 4. The number of amides is 1. The Morgan fingerprint density at radius 2 is 1.81 bits per heavy atom. The zero-order chi connectivity index (χ0) is 19.3. The number of hydrazone groups is 1. The van der Waals surface area contributed by atoms with Crippen molar-refractivity contribution in [1.29, 1.82) is 0 Å². The summed E-state index contributed by atoms with van der Waals surface area (Å²) in [6, 6.07) is 11.2. The van der Waals surface area contributed by atoms with E-state index < -0.39 is 22.5 Å². The second-order valence-electron chi connectivity index (χ2n) is 5.18. The lowest BCUT2D eigenvalue weighted by atomic mass is 10.2. The molecule has 26 heavy (non-hydrogen) atoms. The molecule has 1 amide bonds. The Morgan fingerprint density at radius 3 is 2.42 bits per heavy atom. The normalized spacial score (nSPS) is 11.5. The van der Waals surface area contributed by atoms with Gasteiger partial charge in [0.25, 0.3) is 5.91 Å². The second kappa shape index (κ2) is 8.73. The molecule has 2 rings (SSSR count).